The minimum Gasteiger partial charge on any atom is -0.507 e. The molecule has 0 amide bonds. The van der Waals surface area contributed by atoms with Gasteiger partial charge in [-0.1, -0.05) is 18.2 Å². The molecule has 1 aliphatic carbocycles. The van der Waals surface area contributed by atoms with Crippen molar-refractivity contribution in [3.8, 4) is 11.5 Å². The van der Waals surface area contributed by atoms with Gasteiger partial charge in [-0.3, -0.25) is 14.4 Å². The second kappa shape index (κ2) is 6.32. The van der Waals surface area contributed by atoms with E-state index in [0.29, 0.717) is 16.5 Å². The molecule has 0 aliphatic heterocycles. The molecule has 1 aliphatic rings. The number of halogens is 1. The fraction of sp³-hybridized carbons (Fsp3) is 0.0800. The lowest BCUT2D eigenvalue weighted by molar-refractivity contribution is 0.0977. The molecule has 0 bridgehead atoms. The molecule has 3 N–H and O–H groups in total. The molecular formula is C25H15BrN2O5. The lowest BCUT2D eigenvalue weighted by atomic mass is 9.80. The molecular weight excluding hydrogens is 488 g/mol. The molecule has 6 rings (SSSR count). The third-order valence-corrected chi connectivity index (χ3v) is 7.08. The van der Waals surface area contributed by atoms with E-state index >= 15 is 0 Å². The van der Waals surface area contributed by atoms with Gasteiger partial charge in [0.15, 0.2) is 5.78 Å². The number of aromatic nitrogens is 2. The smallest absolute Gasteiger partial charge is 0.248 e. The van der Waals surface area contributed by atoms with Crippen LogP contribution in [0.5, 0.6) is 11.5 Å². The number of nitrogens with zero attached hydrogens (tertiary/aromatic N) is 1. The number of H-pyrrole nitrogens is 1. The number of rotatable bonds is 0. The molecule has 0 fully saturated rings. The van der Waals surface area contributed by atoms with E-state index in [1.165, 1.54) is 12.1 Å². The van der Waals surface area contributed by atoms with Crippen LogP contribution in [0.25, 0.3) is 32.6 Å². The number of para-hydroxylation sites is 1. The number of ketones is 2. The van der Waals surface area contributed by atoms with Crippen LogP contribution in [0, 0.1) is 6.92 Å². The molecule has 5 aromatic rings. The van der Waals surface area contributed by atoms with Gasteiger partial charge in [-0.05, 0) is 40.5 Å². The van der Waals surface area contributed by atoms with Gasteiger partial charge in [0.25, 0.3) is 0 Å². The molecule has 3 aromatic carbocycles. The Kier molecular flexibility index (Phi) is 3.79. The summed E-state index contributed by atoms with van der Waals surface area (Å²) in [4.78, 5) is 42.3. The van der Waals surface area contributed by atoms with Crippen molar-refractivity contribution < 1.29 is 19.8 Å². The van der Waals surface area contributed by atoms with E-state index < -0.39 is 17.1 Å². The van der Waals surface area contributed by atoms with Crippen molar-refractivity contribution in [2.75, 3.05) is 0 Å². The zero-order valence-electron chi connectivity index (χ0n) is 17.4. The Balaban J connectivity index is 2.00. The van der Waals surface area contributed by atoms with Gasteiger partial charge in [0.2, 0.25) is 11.3 Å². The number of carbonyl (C=O) groups excluding carboxylic acids is 2. The van der Waals surface area contributed by atoms with Gasteiger partial charge in [0, 0.05) is 45.9 Å². The third-order valence-electron chi connectivity index (χ3n) is 6.47. The Bertz CT molecular complexity index is 1830. The van der Waals surface area contributed by atoms with Crippen LogP contribution in [0.15, 0.2) is 45.7 Å². The number of aryl methyl sites for hydroxylation is 2. The minimum absolute atomic E-state index is 0.0343. The van der Waals surface area contributed by atoms with Crippen LogP contribution in [-0.2, 0) is 7.05 Å². The number of benzene rings is 3. The van der Waals surface area contributed by atoms with Crippen molar-refractivity contribution in [1.29, 1.82) is 0 Å². The number of fused-ring (bicyclic) bond motifs is 9. The summed E-state index contributed by atoms with van der Waals surface area (Å²) in [6.07, 6.45) is 0. The van der Waals surface area contributed by atoms with Crippen LogP contribution < -0.4 is 5.56 Å². The van der Waals surface area contributed by atoms with E-state index in [1.807, 2.05) is 28.8 Å². The van der Waals surface area contributed by atoms with Gasteiger partial charge in [-0.2, -0.15) is 0 Å². The largest absolute Gasteiger partial charge is 0.507 e. The summed E-state index contributed by atoms with van der Waals surface area (Å²) in [7, 11) is 1.81. The van der Waals surface area contributed by atoms with Crippen molar-refractivity contribution in [2.45, 2.75) is 6.92 Å². The lowest BCUT2D eigenvalue weighted by Gasteiger charge is -2.23. The Hall–Kier alpha value is -3.91. The highest BCUT2D eigenvalue weighted by atomic mass is 79.9. The number of hydrogen-bond donors (Lipinski definition) is 3. The molecule has 2 aromatic heterocycles. The zero-order valence-corrected chi connectivity index (χ0v) is 19.0. The average molecular weight is 503 g/mol. The summed E-state index contributed by atoms with van der Waals surface area (Å²) in [5.74, 6) is -1.43. The number of carbonyl (C=O) groups is 2. The van der Waals surface area contributed by atoms with Crippen LogP contribution in [-0.4, -0.2) is 31.3 Å². The van der Waals surface area contributed by atoms with Gasteiger partial charge in [0.05, 0.1) is 20.9 Å². The Morgan fingerprint density at radius 1 is 0.909 bits per heavy atom. The summed E-state index contributed by atoms with van der Waals surface area (Å²) in [6, 6.07) is 10.0. The molecule has 0 unspecified atom stereocenters. The fourth-order valence-corrected chi connectivity index (χ4v) is 5.57. The first-order valence-corrected chi connectivity index (χ1v) is 10.9. The normalized spacial score (nSPS) is 13.2. The minimum atomic E-state index is -0.586. The third kappa shape index (κ3) is 2.30. The number of phenolic OH excluding ortho intramolecular Hbond substituents is 2. The number of aromatic hydroxyl groups is 2. The number of nitrogens with one attached hydrogen (secondary N) is 1. The van der Waals surface area contributed by atoms with Crippen LogP contribution in [0.3, 0.4) is 0 Å². The summed E-state index contributed by atoms with van der Waals surface area (Å²) in [6.45, 7) is 1.62. The highest BCUT2D eigenvalue weighted by Gasteiger charge is 2.38. The highest BCUT2D eigenvalue weighted by Crippen LogP contribution is 2.49. The summed E-state index contributed by atoms with van der Waals surface area (Å²) >= 11 is 3.27. The topological polar surface area (TPSA) is 112 Å². The summed E-state index contributed by atoms with van der Waals surface area (Å²) < 4.78 is 2.09. The number of pyridine rings is 1. The SMILES string of the molecule is Cc1cc(=O)[nH]c2c1C(=O)c1c(c3c(O)cc(Br)c(O)c3c3c1c1ccccc1n3C)C2=O. The Labute approximate surface area is 194 Å². The molecule has 8 heteroatoms. The lowest BCUT2D eigenvalue weighted by Crippen LogP contribution is -2.27. The molecule has 0 saturated carbocycles. The van der Waals surface area contributed by atoms with Crippen molar-refractivity contribution in [3.63, 3.8) is 0 Å². The fourth-order valence-electron chi connectivity index (χ4n) is 5.15. The zero-order chi connectivity index (χ0) is 23.3. The molecule has 7 nitrogen and oxygen atoms in total. The molecule has 33 heavy (non-hydrogen) atoms. The van der Waals surface area contributed by atoms with Gasteiger partial charge in [0.1, 0.15) is 17.2 Å². The van der Waals surface area contributed by atoms with Crippen LogP contribution >= 0.6 is 15.9 Å². The van der Waals surface area contributed by atoms with Gasteiger partial charge < -0.3 is 19.8 Å². The van der Waals surface area contributed by atoms with Crippen molar-refractivity contribution >= 4 is 60.1 Å². The van der Waals surface area contributed by atoms with E-state index in [-0.39, 0.29) is 49.1 Å². The highest BCUT2D eigenvalue weighted by molar-refractivity contribution is 9.10. The van der Waals surface area contributed by atoms with E-state index in [4.69, 9.17) is 0 Å². The average Bonchev–Trinajstić information content (AvgIpc) is 3.07. The maximum Gasteiger partial charge on any atom is 0.248 e. The maximum atomic E-state index is 13.9. The summed E-state index contributed by atoms with van der Waals surface area (Å²) in [5.41, 5.74) is 1.36. The van der Waals surface area contributed by atoms with E-state index in [1.54, 1.807) is 14.0 Å². The van der Waals surface area contributed by atoms with Crippen LogP contribution in [0.1, 0.15) is 37.5 Å². The molecule has 0 atom stereocenters. The van der Waals surface area contributed by atoms with E-state index in [2.05, 4.69) is 20.9 Å². The molecule has 162 valence electrons. The van der Waals surface area contributed by atoms with E-state index in [9.17, 15) is 24.6 Å². The van der Waals surface area contributed by atoms with Crippen LogP contribution in [0.2, 0.25) is 0 Å². The van der Waals surface area contributed by atoms with Crippen molar-refractivity contribution in [2.24, 2.45) is 7.05 Å². The second-order valence-electron chi connectivity index (χ2n) is 8.25. The van der Waals surface area contributed by atoms with Gasteiger partial charge in [-0.25, -0.2) is 0 Å². The van der Waals surface area contributed by atoms with E-state index in [0.717, 1.165) is 10.9 Å². The number of phenols is 2. The number of hydrogen-bond acceptors (Lipinski definition) is 5. The number of aromatic amines is 1. The first-order chi connectivity index (χ1) is 15.7. The quantitative estimate of drug-likeness (QED) is 0.266. The predicted molar refractivity (Wildman–Crippen MR) is 128 cm³/mol. The summed E-state index contributed by atoms with van der Waals surface area (Å²) in [5, 5.41) is 23.5. The Morgan fingerprint density at radius 3 is 2.36 bits per heavy atom. The Morgan fingerprint density at radius 2 is 1.61 bits per heavy atom. The molecule has 0 spiro atoms. The first-order valence-electron chi connectivity index (χ1n) is 10.1. The molecule has 0 radical (unpaired) electrons. The first kappa shape index (κ1) is 19.8. The second-order valence-corrected chi connectivity index (χ2v) is 9.11. The molecule has 2 heterocycles. The molecule has 0 saturated heterocycles. The van der Waals surface area contributed by atoms with Gasteiger partial charge in [-0.15, -0.1) is 0 Å². The standard InChI is InChI=1S/C25H15BrN2O5/c1-9-7-14(30)27-21-15(9)24(32)18-16-10-5-3-4-6-12(10)28(2)22(16)20-17(19(18)25(21)33)13(29)8-11(26)23(20)31/h3-8,29,31H,1-2H3,(H,27,30). The van der Waals surface area contributed by atoms with Crippen molar-refractivity contribution in [3.05, 3.63) is 79.2 Å². The van der Waals surface area contributed by atoms with Gasteiger partial charge >= 0.3 is 0 Å². The predicted octanol–water partition coefficient (Wildman–Crippen LogP) is 4.43. The van der Waals surface area contributed by atoms with Crippen LogP contribution in [0.4, 0.5) is 0 Å². The maximum absolute atomic E-state index is 13.9. The van der Waals surface area contributed by atoms with Crippen molar-refractivity contribution in [1.82, 2.24) is 9.55 Å². The monoisotopic (exact) mass is 502 g/mol.